The molecule has 5 rings (SSSR count). The van der Waals surface area contributed by atoms with Gasteiger partial charge in [0.2, 0.25) is 0 Å². The number of rotatable bonds is 8. The summed E-state index contributed by atoms with van der Waals surface area (Å²) in [6.45, 7) is 0.630. The minimum Gasteiger partial charge on any atom is -0.337 e. The molecule has 39 heavy (non-hydrogen) atoms. The lowest BCUT2D eigenvalue weighted by molar-refractivity contribution is 0.789. The summed E-state index contributed by atoms with van der Waals surface area (Å²) in [6.07, 6.45) is 5.79. The molecule has 0 saturated carbocycles. The second-order valence-corrected chi connectivity index (χ2v) is 8.97. The normalized spacial score (nSPS) is 10.5. The number of benzene rings is 4. The number of nitriles is 2. The fourth-order valence-electron chi connectivity index (χ4n) is 4.47. The van der Waals surface area contributed by atoms with E-state index in [4.69, 9.17) is 0 Å². The van der Waals surface area contributed by atoms with E-state index in [1.54, 1.807) is 6.08 Å². The van der Waals surface area contributed by atoms with E-state index in [0.29, 0.717) is 6.54 Å². The van der Waals surface area contributed by atoms with Gasteiger partial charge in [0.1, 0.15) is 17.7 Å². The van der Waals surface area contributed by atoms with E-state index in [9.17, 15) is 10.5 Å². The molecule has 0 radical (unpaired) electrons. The molecule has 1 heterocycles. The van der Waals surface area contributed by atoms with Crippen molar-refractivity contribution in [2.75, 3.05) is 4.90 Å². The highest BCUT2D eigenvalue weighted by Crippen LogP contribution is 2.34. The number of aromatic nitrogens is 1. The molecule has 0 unspecified atom stereocenters. The quantitative estimate of drug-likeness (QED) is 0.200. The second kappa shape index (κ2) is 12.1. The van der Waals surface area contributed by atoms with E-state index in [1.807, 2.05) is 78.9 Å². The Hall–Kier alpha value is -5.58. The Balaban J connectivity index is 1.45. The topological polar surface area (TPSA) is 55.8 Å². The lowest BCUT2D eigenvalue weighted by atomic mass is 10.1. The number of allylic oxidation sites excluding steroid dienone is 1. The van der Waals surface area contributed by atoms with E-state index >= 15 is 0 Å². The van der Waals surface area contributed by atoms with Gasteiger partial charge in [-0.15, -0.1) is 0 Å². The number of hydrogen-bond acceptors (Lipinski definition) is 3. The van der Waals surface area contributed by atoms with Gasteiger partial charge in [0.05, 0.1) is 0 Å². The SMILES string of the molecule is N#CC(C#N)=Cc1ccc(/C=C/c2ccc(N(c3ccccc3)c3ccccc3)cc2)n1Cc1ccccc1. The maximum atomic E-state index is 9.27. The molecule has 0 aliphatic rings. The van der Waals surface area contributed by atoms with E-state index in [1.165, 1.54) is 0 Å². The Labute approximate surface area is 229 Å². The van der Waals surface area contributed by atoms with Crippen LogP contribution in [0.2, 0.25) is 0 Å². The van der Waals surface area contributed by atoms with E-state index in [2.05, 4.69) is 82.3 Å². The van der Waals surface area contributed by atoms with Crippen molar-refractivity contribution in [3.63, 3.8) is 0 Å². The van der Waals surface area contributed by atoms with Crippen molar-refractivity contribution in [3.8, 4) is 12.1 Å². The maximum Gasteiger partial charge on any atom is 0.131 e. The Bertz CT molecular complexity index is 1610. The fourth-order valence-corrected chi connectivity index (χ4v) is 4.47. The number of hydrogen-bond donors (Lipinski definition) is 0. The molecule has 1 aromatic heterocycles. The number of anilines is 3. The monoisotopic (exact) mass is 502 g/mol. The molecule has 0 saturated heterocycles. The molecular formula is C35H26N4. The Kier molecular flexibility index (Phi) is 7.79. The van der Waals surface area contributed by atoms with Crippen LogP contribution < -0.4 is 4.90 Å². The van der Waals surface area contributed by atoms with Crippen LogP contribution in [0.25, 0.3) is 18.2 Å². The summed E-state index contributed by atoms with van der Waals surface area (Å²) in [5.41, 5.74) is 7.35. The second-order valence-electron chi connectivity index (χ2n) is 8.97. The Morgan fingerprint density at radius 2 is 1.10 bits per heavy atom. The predicted molar refractivity (Wildman–Crippen MR) is 159 cm³/mol. The molecule has 0 aliphatic carbocycles. The van der Waals surface area contributed by atoms with Crippen LogP contribution in [-0.4, -0.2) is 4.57 Å². The summed E-state index contributed by atoms with van der Waals surface area (Å²) >= 11 is 0. The summed E-state index contributed by atoms with van der Waals surface area (Å²) in [4.78, 5) is 2.24. The van der Waals surface area contributed by atoms with E-state index in [0.717, 1.165) is 39.6 Å². The van der Waals surface area contributed by atoms with Gasteiger partial charge in [-0.2, -0.15) is 10.5 Å². The van der Waals surface area contributed by atoms with Gasteiger partial charge in [-0.05, 0) is 71.8 Å². The van der Waals surface area contributed by atoms with Gasteiger partial charge in [-0.1, -0.05) is 84.9 Å². The van der Waals surface area contributed by atoms with Crippen LogP contribution in [0.5, 0.6) is 0 Å². The largest absolute Gasteiger partial charge is 0.337 e. The van der Waals surface area contributed by atoms with Gasteiger partial charge >= 0.3 is 0 Å². The molecule has 5 aromatic rings. The highest BCUT2D eigenvalue weighted by molar-refractivity contribution is 5.78. The van der Waals surface area contributed by atoms with Crippen molar-refractivity contribution in [1.82, 2.24) is 4.57 Å². The molecule has 0 amide bonds. The molecule has 4 aromatic carbocycles. The molecular weight excluding hydrogens is 476 g/mol. The first-order valence-corrected chi connectivity index (χ1v) is 12.7. The van der Waals surface area contributed by atoms with Crippen molar-refractivity contribution >= 4 is 35.3 Å². The summed E-state index contributed by atoms with van der Waals surface area (Å²) in [7, 11) is 0. The van der Waals surface area contributed by atoms with E-state index in [-0.39, 0.29) is 5.57 Å². The lowest BCUT2D eigenvalue weighted by Gasteiger charge is -2.25. The van der Waals surface area contributed by atoms with Crippen LogP contribution in [0.15, 0.2) is 133 Å². The molecule has 4 heteroatoms. The van der Waals surface area contributed by atoms with Gasteiger partial charge in [-0.25, -0.2) is 0 Å². The summed E-state index contributed by atoms with van der Waals surface area (Å²) in [5.74, 6) is 0. The standard InChI is InChI=1S/C35H26N4/c36-25-30(26-37)24-35-23-22-31(38(35)27-29-10-4-1-5-11-29)19-16-28-17-20-34(21-18-28)39(32-12-6-2-7-13-32)33-14-8-3-9-15-33/h1-24H,27H2/b19-16+. The lowest BCUT2D eigenvalue weighted by Crippen LogP contribution is -2.09. The summed E-state index contributed by atoms with van der Waals surface area (Å²) in [6, 6.07) is 47.2. The number of nitrogens with zero attached hydrogens (tertiary/aromatic N) is 4. The van der Waals surface area contributed by atoms with Gasteiger partial charge in [0.25, 0.3) is 0 Å². The first kappa shape index (κ1) is 25.1. The van der Waals surface area contributed by atoms with Crippen LogP contribution in [0, 0.1) is 22.7 Å². The Morgan fingerprint density at radius 3 is 1.67 bits per heavy atom. The molecule has 0 atom stereocenters. The zero-order valence-electron chi connectivity index (χ0n) is 21.4. The first-order chi connectivity index (χ1) is 19.2. The Morgan fingerprint density at radius 1 is 0.590 bits per heavy atom. The zero-order valence-corrected chi connectivity index (χ0v) is 21.4. The number of para-hydroxylation sites is 2. The third-order valence-electron chi connectivity index (χ3n) is 6.39. The fraction of sp³-hybridized carbons (Fsp3) is 0.0286. The van der Waals surface area contributed by atoms with Crippen LogP contribution in [-0.2, 0) is 6.54 Å². The van der Waals surface area contributed by atoms with Crippen molar-refractivity contribution in [2.45, 2.75) is 6.54 Å². The molecule has 0 aliphatic heterocycles. The highest BCUT2D eigenvalue weighted by atomic mass is 15.1. The van der Waals surface area contributed by atoms with Gasteiger partial charge in [0.15, 0.2) is 0 Å². The van der Waals surface area contributed by atoms with Crippen molar-refractivity contribution in [3.05, 3.63) is 155 Å². The van der Waals surface area contributed by atoms with Crippen molar-refractivity contribution in [1.29, 1.82) is 10.5 Å². The molecule has 0 bridgehead atoms. The molecule has 0 fully saturated rings. The molecule has 0 N–H and O–H groups in total. The zero-order chi connectivity index (χ0) is 26.9. The van der Waals surface area contributed by atoms with Gasteiger partial charge in [0, 0.05) is 35.0 Å². The molecule has 186 valence electrons. The highest BCUT2D eigenvalue weighted by Gasteiger charge is 2.11. The first-order valence-electron chi connectivity index (χ1n) is 12.7. The third-order valence-corrected chi connectivity index (χ3v) is 6.39. The molecule has 4 nitrogen and oxygen atoms in total. The average molecular weight is 503 g/mol. The van der Waals surface area contributed by atoms with Crippen LogP contribution in [0.3, 0.4) is 0 Å². The van der Waals surface area contributed by atoms with Crippen molar-refractivity contribution < 1.29 is 0 Å². The summed E-state index contributed by atoms with van der Waals surface area (Å²) < 4.78 is 2.11. The minimum atomic E-state index is 0.0786. The van der Waals surface area contributed by atoms with Crippen molar-refractivity contribution in [2.24, 2.45) is 0 Å². The average Bonchev–Trinajstić information content (AvgIpc) is 3.37. The van der Waals surface area contributed by atoms with Crippen LogP contribution in [0.1, 0.15) is 22.5 Å². The van der Waals surface area contributed by atoms with Gasteiger partial charge < -0.3 is 9.47 Å². The maximum absolute atomic E-state index is 9.27. The minimum absolute atomic E-state index is 0.0786. The van der Waals surface area contributed by atoms with E-state index < -0.39 is 0 Å². The molecule has 0 spiro atoms. The smallest absolute Gasteiger partial charge is 0.131 e. The van der Waals surface area contributed by atoms with Crippen LogP contribution in [0.4, 0.5) is 17.1 Å². The summed E-state index contributed by atoms with van der Waals surface area (Å²) in [5, 5.41) is 18.5. The van der Waals surface area contributed by atoms with Crippen LogP contribution >= 0.6 is 0 Å². The van der Waals surface area contributed by atoms with Gasteiger partial charge in [-0.3, -0.25) is 0 Å². The predicted octanol–water partition coefficient (Wildman–Crippen LogP) is 8.61. The third kappa shape index (κ3) is 6.05.